The number of aryl methyl sites for hydroxylation is 3. The second kappa shape index (κ2) is 8.16. The number of hydrogen-bond acceptors (Lipinski definition) is 4. The molecular weight excluding hydrogens is 376 g/mol. The molecule has 0 spiro atoms. The first-order chi connectivity index (χ1) is 13.3. The molecule has 2 aromatic carbocycles. The van der Waals surface area contributed by atoms with Crippen LogP contribution in [0.25, 0.3) is 10.9 Å². The van der Waals surface area contributed by atoms with Crippen molar-refractivity contribution in [3.63, 3.8) is 0 Å². The van der Waals surface area contributed by atoms with Gasteiger partial charge in [0.15, 0.2) is 0 Å². The zero-order valence-electron chi connectivity index (χ0n) is 16.3. The number of hydrogen-bond donors (Lipinski definition) is 1. The van der Waals surface area contributed by atoms with Gasteiger partial charge in [-0.15, -0.1) is 0 Å². The van der Waals surface area contributed by atoms with E-state index in [9.17, 15) is 13.6 Å². The first-order valence-electron chi connectivity index (χ1n) is 8.92. The first kappa shape index (κ1) is 20.1. The SMILES string of the molecule is COC(=O)[C@H](Cc1c[nH]c2ccccc12)N(c1c(C)cc(C)cc1C)S(=O)[O-]. The highest BCUT2D eigenvalue weighted by atomic mass is 32.2. The molecule has 0 saturated carbocycles. The van der Waals surface area contributed by atoms with Crippen LogP contribution in [0.4, 0.5) is 5.69 Å². The molecule has 1 unspecified atom stereocenters. The minimum absolute atomic E-state index is 0.192. The highest BCUT2D eigenvalue weighted by Gasteiger charge is 2.31. The van der Waals surface area contributed by atoms with Crippen molar-refractivity contribution in [2.75, 3.05) is 11.4 Å². The quantitative estimate of drug-likeness (QED) is 0.508. The van der Waals surface area contributed by atoms with E-state index in [4.69, 9.17) is 4.74 Å². The molecule has 148 valence electrons. The van der Waals surface area contributed by atoms with E-state index < -0.39 is 23.3 Å². The fraction of sp³-hybridized carbons (Fsp3) is 0.286. The van der Waals surface area contributed by atoms with Crippen molar-refractivity contribution in [3.05, 3.63) is 64.8 Å². The Morgan fingerprint density at radius 3 is 2.46 bits per heavy atom. The fourth-order valence-corrected chi connectivity index (χ4v) is 4.57. The number of carbonyl (C=O) groups is 1. The molecule has 1 N–H and O–H groups in total. The van der Waals surface area contributed by atoms with Gasteiger partial charge in [-0.3, -0.25) is 8.51 Å². The predicted molar refractivity (Wildman–Crippen MR) is 110 cm³/mol. The number of fused-ring (bicyclic) bond motifs is 1. The van der Waals surface area contributed by atoms with Crippen LogP contribution < -0.4 is 4.31 Å². The second-order valence-corrected chi connectivity index (χ2v) is 7.72. The topological polar surface area (TPSA) is 85.5 Å². The molecule has 0 aliphatic heterocycles. The lowest BCUT2D eigenvalue weighted by Gasteiger charge is -2.35. The third-order valence-electron chi connectivity index (χ3n) is 4.86. The van der Waals surface area contributed by atoms with Crippen LogP contribution in [-0.4, -0.2) is 32.9 Å². The van der Waals surface area contributed by atoms with E-state index in [1.807, 2.05) is 57.2 Å². The molecule has 3 aromatic rings. The highest BCUT2D eigenvalue weighted by molar-refractivity contribution is 7.80. The largest absolute Gasteiger partial charge is 0.755 e. The number of nitrogens with zero attached hydrogens (tertiary/aromatic N) is 1. The summed E-state index contributed by atoms with van der Waals surface area (Å²) >= 11 is -2.66. The molecule has 6 nitrogen and oxygen atoms in total. The molecule has 0 radical (unpaired) electrons. The van der Waals surface area contributed by atoms with Crippen LogP contribution in [0.5, 0.6) is 0 Å². The van der Waals surface area contributed by atoms with Gasteiger partial charge in [-0.05, 0) is 43.5 Å². The summed E-state index contributed by atoms with van der Waals surface area (Å²) in [5.41, 5.74) is 4.89. The van der Waals surface area contributed by atoms with E-state index in [0.29, 0.717) is 5.69 Å². The summed E-state index contributed by atoms with van der Waals surface area (Å²) in [6.45, 7) is 5.64. The van der Waals surface area contributed by atoms with Crippen LogP contribution in [0.1, 0.15) is 22.3 Å². The third-order valence-corrected chi connectivity index (χ3v) is 5.62. The van der Waals surface area contributed by atoms with Crippen LogP contribution in [0.3, 0.4) is 0 Å². The monoisotopic (exact) mass is 399 g/mol. The Morgan fingerprint density at radius 1 is 1.21 bits per heavy atom. The molecule has 28 heavy (non-hydrogen) atoms. The van der Waals surface area contributed by atoms with Gasteiger partial charge in [0.25, 0.3) is 0 Å². The Labute approximate surface area is 166 Å². The summed E-state index contributed by atoms with van der Waals surface area (Å²) < 4.78 is 30.6. The van der Waals surface area contributed by atoms with Gasteiger partial charge in [-0.25, -0.2) is 4.79 Å². The normalized spacial score (nSPS) is 13.3. The number of carbonyl (C=O) groups excluding carboxylic acids is 1. The van der Waals surface area contributed by atoms with Gasteiger partial charge >= 0.3 is 5.97 Å². The zero-order chi connectivity index (χ0) is 20.4. The van der Waals surface area contributed by atoms with E-state index in [2.05, 4.69) is 4.98 Å². The maximum Gasteiger partial charge on any atom is 0.329 e. The number of nitrogens with one attached hydrogen (secondary N) is 1. The van der Waals surface area contributed by atoms with Crippen LogP contribution in [0, 0.1) is 20.8 Å². The zero-order valence-corrected chi connectivity index (χ0v) is 17.1. The number of rotatable bonds is 6. The molecule has 0 bridgehead atoms. The fourth-order valence-electron chi connectivity index (χ4n) is 3.76. The maximum atomic E-state index is 12.6. The molecule has 0 amide bonds. The van der Waals surface area contributed by atoms with Crippen molar-refractivity contribution in [3.8, 4) is 0 Å². The molecule has 0 fully saturated rings. The Bertz CT molecular complexity index is 1020. The lowest BCUT2D eigenvalue weighted by Crippen LogP contribution is -2.45. The number of benzene rings is 2. The summed E-state index contributed by atoms with van der Waals surface area (Å²) in [4.78, 5) is 15.8. The molecule has 1 aromatic heterocycles. The lowest BCUT2D eigenvalue weighted by molar-refractivity contribution is -0.141. The van der Waals surface area contributed by atoms with Crippen molar-refractivity contribution in [2.24, 2.45) is 0 Å². The molecule has 0 aliphatic rings. The molecule has 3 rings (SSSR count). The van der Waals surface area contributed by atoms with E-state index in [1.54, 1.807) is 6.20 Å². The molecule has 1 heterocycles. The summed E-state index contributed by atoms with van der Waals surface area (Å²) in [5.74, 6) is -0.603. The van der Waals surface area contributed by atoms with E-state index in [-0.39, 0.29) is 6.42 Å². The predicted octanol–water partition coefficient (Wildman–Crippen LogP) is 3.48. The van der Waals surface area contributed by atoms with Crippen molar-refractivity contribution in [1.29, 1.82) is 0 Å². The molecule has 2 atom stereocenters. The van der Waals surface area contributed by atoms with Crippen LogP contribution >= 0.6 is 0 Å². The van der Waals surface area contributed by atoms with Crippen molar-refractivity contribution < 1.29 is 18.3 Å². The van der Waals surface area contributed by atoms with Gasteiger partial charge in [-0.2, -0.15) is 0 Å². The number of ether oxygens (including phenoxy) is 1. The van der Waals surface area contributed by atoms with Crippen molar-refractivity contribution in [1.82, 2.24) is 4.98 Å². The Balaban J connectivity index is 2.11. The van der Waals surface area contributed by atoms with Gasteiger partial charge < -0.3 is 14.3 Å². The molecule has 7 heteroatoms. The number of para-hydroxylation sites is 1. The van der Waals surface area contributed by atoms with Gasteiger partial charge in [-0.1, -0.05) is 35.9 Å². The minimum Gasteiger partial charge on any atom is -0.755 e. The number of aromatic amines is 1. The van der Waals surface area contributed by atoms with Crippen LogP contribution in [0.2, 0.25) is 0 Å². The number of anilines is 1. The summed E-state index contributed by atoms with van der Waals surface area (Å²) in [5, 5.41) is 0.949. The summed E-state index contributed by atoms with van der Waals surface area (Å²) in [7, 11) is 1.27. The lowest BCUT2D eigenvalue weighted by atomic mass is 10.0. The van der Waals surface area contributed by atoms with E-state index >= 15 is 0 Å². The highest BCUT2D eigenvalue weighted by Crippen LogP contribution is 2.31. The molecule has 0 saturated heterocycles. The number of esters is 1. The third kappa shape index (κ3) is 3.81. The Hall–Kier alpha value is -2.64. The van der Waals surface area contributed by atoms with Gasteiger partial charge in [0, 0.05) is 34.8 Å². The second-order valence-electron chi connectivity index (χ2n) is 6.89. The summed E-state index contributed by atoms with van der Waals surface area (Å²) in [6.07, 6.45) is 2.00. The number of aromatic nitrogens is 1. The van der Waals surface area contributed by atoms with Gasteiger partial charge in [0.2, 0.25) is 0 Å². The van der Waals surface area contributed by atoms with Crippen molar-refractivity contribution in [2.45, 2.75) is 33.2 Å². The maximum absolute atomic E-state index is 12.6. The van der Waals surface area contributed by atoms with E-state index in [1.165, 1.54) is 7.11 Å². The Kier molecular flexibility index (Phi) is 5.86. The average Bonchev–Trinajstić information content (AvgIpc) is 3.05. The van der Waals surface area contributed by atoms with E-state index in [0.717, 1.165) is 37.5 Å². The van der Waals surface area contributed by atoms with Crippen LogP contribution in [-0.2, 0) is 27.2 Å². The summed E-state index contributed by atoms with van der Waals surface area (Å²) in [6, 6.07) is 10.5. The standard InChI is InChI=1S/C21H24N2O4S/c1-13-9-14(2)20(15(3)10-13)23(28(25)26)19(21(24)27-4)11-16-12-22-18-8-6-5-7-17(16)18/h5-10,12,19,22H,11H2,1-4H3,(H,25,26)/p-1/t19-/m0/s1. The number of methoxy groups -OCH3 is 1. The van der Waals surface area contributed by atoms with Gasteiger partial charge in [0.05, 0.1) is 12.8 Å². The van der Waals surface area contributed by atoms with Crippen LogP contribution in [0.15, 0.2) is 42.6 Å². The van der Waals surface area contributed by atoms with Crippen molar-refractivity contribution >= 4 is 33.8 Å². The average molecular weight is 399 g/mol. The molecular formula is C21H23N2O4S-. The van der Waals surface area contributed by atoms with Gasteiger partial charge in [0.1, 0.15) is 6.04 Å². The molecule has 0 aliphatic carbocycles. The first-order valence-corrected chi connectivity index (χ1v) is 9.96. The Morgan fingerprint density at radius 2 is 1.86 bits per heavy atom. The minimum atomic E-state index is -2.66. The number of H-pyrrole nitrogens is 1. The smallest absolute Gasteiger partial charge is 0.329 e.